The van der Waals surface area contributed by atoms with Gasteiger partial charge in [0.05, 0.1) is 12.8 Å². The second-order valence-electron chi connectivity index (χ2n) is 4.78. The fourth-order valence-corrected chi connectivity index (χ4v) is 3.55. The largest absolute Gasteiger partial charge is 0.392 e. The van der Waals surface area contributed by atoms with Crippen LogP contribution in [0, 0.1) is 5.92 Å². The number of H-pyrrole nitrogens is 1. The Kier molecular flexibility index (Phi) is 4.56. The number of aliphatic hydroxyl groups is 1. The predicted octanol–water partition coefficient (Wildman–Crippen LogP) is -0.478. The van der Waals surface area contributed by atoms with Crippen LogP contribution in [0.1, 0.15) is 18.9 Å². The van der Waals surface area contributed by atoms with E-state index in [1.165, 1.54) is 6.20 Å². The smallest absolute Gasteiger partial charge is 0.257 e. The number of rotatable bonds is 6. The van der Waals surface area contributed by atoms with E-state index in [2.05, 4.69) is 26.7 Å². The molecule has 1 aliphatic heterocycles. The minimum atomic E-state index is -3.62. The molecule has 1 saturated heterocycles. The molecule has 0 radical (unpaired) electrons. The number of nitrogens with one attached hydrogen (secondary N) is 2. The number of aromatic nitrogens is 2. The highest BCUT2D eigenvalue weighted by Gasteiger charge is 2.25. The van der Waals surface area contributed by atoms with Crippen LogP contribution >= 0.6 is 0 Å². The highest BCUT2D eigenvalue weighted by atomic mass is 32.2. The van der Waals surface area contributed by atoms with Crippen molar-refractivity contribution in [1.29, 1.82) is 0 Å². The molecule has 1 atom stereocenters. The maximum Gasteiger partial charge on any atom is 0.257 e. The van der Waals surface area contributed by atoms with Crippen molar-refractivity contribution < 1.29 is 13.5 Å². The normalized spacial score (nSPS) is 21.1. The van der Waals surface area contributed by atoms with E-state index in [0.717, 1.165) is 26.1 Å². The minimum absolute atomic E-state index is 0.0413. The van der Waals surface area contributed by atoms with Gasteiger partial charge in [0.15, 0.2) is 5.03 Å². The molecule has 0 amide bonds. The van der Waals surface area contributed by atoms with Gasteiger partial charge in [-0.05, 0) is 25.4 Å². The first kappa shape index (κ1) is 14.4. The summed E-state index contributed by atoms with van der Waals surface area (Å²) in [4.78, 5) is 2.30. The summed E-state index contributed by atoms with van der Waals surface area (Å²) in [5.41, 5.74) is 0.286. The van der Waals surface area contributed by atoms with Gasteiger partial charge in [0.2, 0.25) is 0 Å². The molecule has 108 valence electrons. The van der Waals surface area contributed by atoms with Crippen LogP contribution in [-0.4, -0.2) is 54.8 Å². The van der Waals surface area contributed by atoms with Gasteiger partial charge in [-0.15, -0.1) is 0 Å². The van der Waals surface area contributed by atoms with Crippen LogP contribution in [0.15, 0.2) is 11.2 Å². The zero-order valence-electron chi connectivity index (χ0n) is 11.0. The molecule has 0 spiro atoms. The van der Waals surface area contributed by atoms with Gasteiger partial charge in [0.25, 0.3) is 10.0 Å². The highest BCUT2D eigenvalue weighted by molar-refractivity contribution is 7.89. The second kappa shape index (κ2) is 6.00. The molecule has 7 nitrogen and oxygen atoms in total. The summed E-state index contributed by atoms with van der Waals surface area (Å²) in [6.45, 7) is 5.12. The summed E-state index contributed by atoms with van der Waals surface area (Å²) >= 11 is 0. The van der Waals surface area contributed by atoms with E-state index < -0.39 is 10.0 Å². The summed E-state index contributed by atoms with van der Waals surface area (Å²) in [5, 5.41) is 15.1. The fourth-order valence-electron chi connectivity index (χ4n) is 2.31. The zero-order valence-corrected chi connectivity index (χ0v) is 11.8. The van der Waals surface area contributed by atoms with Gasteiger partial charge in [0, 0.05) is 18.7 Å². The summed E-state index contributed by atoms with van der Waals surface area (Å²) in [6, 6.07) is 0. The van der Waals surface area contributed by atoms with Gasteiger partial charge in [-0.2, -0.15) is 5.10 Å². The molecule has 3 N–H and O–H groups in total. The van der Waals surface area contributed by atoms with Crippen molar-refractivity contribution in [2.45, 2.75) is 25.0 Å². The van der Waals surface area contributed by atoms with Crippen LogP contribution < -0.4 is 4.72 Å². The number of aromatic amines is 1. The van der Waals surface area contributed by atoms with Crippen molar-refractivity contribution in [1.82, 2.24) is 19.8 Å². The van der Waals surface area contributed by atoms with Gasteiger partial charge >= 0.3 is 0 Å². The third kappa shape index (κ3) is 3.33. The Morgan fingerprint density at radius 3 is 3.05 bits per heavy atom. The number of nitrogens with zero attached hydrogens (tertiary/aromatic N) is 2. The Hall–Kier alpha value is -0.960. The molecule has 8 heteroatoms. The fraction of sp³-hybridized carbons (Fsp3) is 0.727. The van der Waals surface area contributed by atoms with E-state index in [9.17, 15) is 8.42 Å². The van der Waals surface area contributed by atoms with E-state index in [4.69, 9.17) is 5.11 Å². The predicted molar refractivity (Wildman–Crippen MR) is 69.9 cm³/mol. The monoisotopic (exact) mass is 288 g/mol. The molecule has 2 rings (SSSR count). The van der Waals surface area contributed by atoms with Crippen molar-refractivity contribution in [3.8, 4) is 0 Å². The molecular formula is C11H20N4O3S. The maximum atomic E-state index is 12.1. The number of hydrogen-bond acceptors (Lipinski definition) is 5. The van der Waals surface area contributed by atoms with Gasteiger partial charge in [-0.25, -0.2) is 13.1 Å². The molecule has 1 aliphatic rings. The van der Waals surface area contributed by atoms with E-state index >= 15 is 0 Å². The lowest BCUT2D eigenvalue weighted by atomic mass is 10.1. The molecule has 0 saturated carbocycles. The lowest BCUT2D eigenvalue weighted by Gasteiger charge is -2.13. The van der Waals surface area contributed by atoms with Gasteiger partial charge in [0.1, 0.15) is 0 Å². The van der Waals surface area contributed by atoms with E-state index in [0.29, 0.717) is 12.5 Å². The van der Waals surface area contributed by atoms with Gasteiger partial charge < -0.3 is 10.0 Å². The number of hydrogen-bond donors (Lipinski definition) is 3. The third-order valence-electron chi connectivity index (χ3n) is 3.50. The summed E-state index contributed by atoms with van der Waals surface area (Å²) in [5.74, 6) is 0.343. The summed E-state index contributed by atoms with van der Waals surface area (Å²) < 4.78 is 26.7. The number of sulfonamides is 1. The number of aliphatic hydroxyl groups excluding tert-OH is 1. The van der Waals surface area contributed by atoms with Gasteiger partial charge in [-0.3, -0.25) is 5.10 Å². The topological polar surface area (TPSA) is 98.3 Å². The molecule has 1 aromatic heterocycles. The maximum absolute atomic E-state index is 12.1. The van der Waals surface area contributed by atoms with Crippen LogP contribution in [0.4, 0.5) is 0 Å². The van der Waals surface area contributed by atoms with Gasteiger partial charge in [-0.1, -0.05) is 6.92 Å². The second-order valence-corrected chi connectivity index (χ2v) is 6.49. The van der Waals surface area contributed by atoms with E-state index in [1.54, 1.807) is 0 Å². The first-order valence-electron chi connectivity index (χ1n) is 6.42. The SMILES string of the molecule is CCN1CCC(CNS(=O)(=O)c2[nH]ncc2CO)C1. The molecular weight excluding hydrogens is 268 g/mol. The van der Waals surface area contributed by atoms with E-state index in [-0.39, 0.29) is 17.2 Å². The highest BCUT2D eigenvalue weighted by Crippen LogP contribution is 2.16. The average molecular weight is 288 g/mol. The van der Waals surface area contributed by atoms with Crippen LogP contribution in [-0.2, 0) is 16.6 Å². The van der Waals surface area contributed by atoms with Crippen LogP contribution in [0.3, 0.4) is 0 Å². The molecule has 19 heavy (non-hydrogen) atoms. The molecule has 1 unspecified atom stereocenters. The van der Waals surface area contributed by atoms with Crippen molar-refractivity contribution in [2.75, 3.05) is 26.2 Å². The zero-order chi connectivity index (χ0) is 13.9. The Bertz CT molecular complexity index is 514. The van der Waals surface area contributed by atoms with Crippen LogP contribution in [0.2, 0.25) is 0 Å². The molecule has 1 aromatic rings. The van der Waals surface area contributed by atoms with Crippen molar-refractivity contribution >= 4 is 10.0 Å². The quantitative estimate of drug-likeness (QED) is 0.657. The standard InChI is InChI=1S/C11H20N4O3S/c1-2-15-4-3-9(7-15)5-13-19(17,18)11-10(8-16)6-12-14-11/h6,9,13,16H,2-5,7-8H2,1H3,(H,12,14). The first-order chi connectivity index (χ1) is 9.06. The van der Waals surface area contributed by atoms with Crippen LogP contribution in [0.5, 0.6) is 0 Å². The Morgan fingerprint density at radius 2 is 2.42 bits per heavy atom. The lowest BCUT2D eigenvalue weighted by molar-refractivity contribution is 0.278. The molecule has 0 aromatic carbocycles. The lowest BCUT2D eigenvalue weighted by Crippen LogP contribution is -2.31. The first-order valence-corrected chi connectivity index (χ1v) is 7.90. The number of likely N-dealkylation sites (tertiary alicyclic amines) is 1. The minimum Gasteiger partial charge on any atom is -0.392 e. The molecule has 1 fully saturated rings. The van der Waals surface area contributed by atoms with Crippen molar-refractivity contribution in [2.24, 2.45) is 5.92 Å². The molecule has 0 aliphatic carbocycles. The summed E-state index contributed by atoms with van der Waals surface area (Å²) in [7, 11) is -3.62. The average Bonchev–Trinajstić information content (AvgIpc) is 3.05. The third-order valence-corrected chi connectivity index (χ3v) is 4.93. The molecule has 0 bridgehead atoms. The van der Waals surface area contributed by atoms with Crippen molar-refractivity contribution in [3.63, 3.8) is 0 Å². The van der Waals surface area contributed by atoms with Crippen LogP contribution in [0.25, 0.3) is 0 Å². The Morgan fingerprint density at radius 1 is 1.63 bits per heavy atom. The van der Waals surface area contributed by atoms with Crippen molar-refractivity contribution in [3.05, 3.63) is 11.8 Å². The Labute approximate surface area is 113 Å². The Balaban J connectivity index is 1.95. The molecule has 2 heterocycles. The summed E-state index contributed by atoms with van der Waals surface area (Å²) in [6.07, 6.45) is 2.33. The van der Waals surface area contributed by atoms with E-state index in [1.807, 2.05) is 0 Å².